The lowest BCUT2D eigenvalue weighted by Gasteiger charge is -2.08. The summed E-state index contributed by atoms with van der Waals surface area (Å²) in [5, 5.41) is 11.8. The lowest BCUT2D eigenvalue weighted by Crippen LogP contribution is -2.23. The average Bonchev–Trinajstić information content (AvgIpc) is 2.58. The molecule has 0 aromatic heterocycles. The van der Waals surface area contributed by atoms with E-state index < -0.39 is 6.09 Å². The van der Waals surface area contributed by atoms with Gasteiger partial charge in [-0.2, -0.15) is 5.26 Å². The third-order valence-electron chi connectivity index (χ3n) is 3.03. The van der Waals surface area contributed by atoms with Gasteiger partial charge in [0, 0.05) is 11.4 Å². The molecule has 2 rings (SSSR count). The number of alkyl carbamates (subject to hydrolysis) is 1. The van der Waals surface area contributed by atoms with E-state index in [2.05, 4.69) is 11.4 Å². The van der Waals surface area contributed by atoms with Gasteiger partial charge in [-0.1, -0.05) is 36.4 Å². The highest BCUT2D eigenvalue weighted by Crippen LogP contribution is 2.20. The van der Waals surface area contributed by atoms with Crippen molar-refractivity contribution in [2.24, 2.45) is 0 Å². The lowest BCUT2D eigenvalue weighted by atomic mass is 10.1. The number of carbonyl (C=O) groups is 1. The Labute approximate surface area is 134 Å². The molecule has 1 amide bonds. The minimum Gasteiger partial charge on any atom is -0.445 e. The molecule has 0 aliphatic rings. The quantitative estimate of drug-likeness (QED) is 0.855. The van der Waals surface area contributed by atoms with Crippen LogP contribution in [0.1, 0.15) is 16.7 Å². The number of rotatable bonds is 5. The standard InChI is InChI=1S/C17H16N2O2S/c1-22-16-8-7-14(9-15(16)10-18)11-19-17(20)21-12-13-5-3-2-4-6-13/h2-9H,11-12H2,1H3,(H,19,20). The van der Waals surface area contributed by atoms with Crippen molar-refractivity contribution in [2.75, 3.05) is 6.26 Å². The number of hydrogen-bond donors (Lipinski definition) is 1. The van der Waals surface area contributed by atoms with E-state index in [9.17, 15) is 4.79 Å². The maximum absolute atomic E-state index is 11.7. The molecule has 0 saturated carbocycles. The first-order chi connectivity index (χ1) is 10.7. The van der Waals surface area contributed by atoms with Crippen LogP contribution in [0.3, 0.4) is 0 Å². The fourth-order valence-electron chi connectivity index (χ4n) is 1.90. The van der Waals surface area contributed by atoms with Gasteiger partial charge in [0.25, 0.3) is 0 Å². The number of carbonyl (C=O) groups excluding carboxylic acids is 1. The van der Waals surface area contributed by atoms with Crippen molar-refractivity contribution in [3.05, 3.63) is 65.2 Å². The van der Waals surface area contributed by atoms with Crippen LogP contribution in [-0.2, 0) is 17.9 Å². The van der Waals surface area contributed by atoms with E-state index in [1.165, 1.54) is 11.8 Å². The maximum atomic E-state index is 11.7. The molecule has 22 heavy (non-hydrogen) atoms. The molecule has 0 aliphatic heterocycles. The largest absolute Gasteiger partial charge is 0.445 e. The third kappa shape index (κ3) is 4.54. The first-order valence-corrected chi connectivity index (χ1v) is 7.97. The zero-order valence-electron chi connectivity index (χ0n) is 12.2. The van der Waals surface area contributed by atoms with Gasteiger partial charge < -0.3 is 10.1 Å². The average molecular weight is 312 g/mol. The molecule has 4 nitrogen and oxygen atoms in total. The van der Waals surface area contributed by atoms with E-state index in [0.29, 0.717) is 12.1 Å². The van der Waals surface area contributed by atoms with Crippen LogP contribution < -0.4 is 5.32 Å². The minimum absolute atomic E-state index is 0.238. The Morgan fingerprint density at radius 1 is 1.23 bits per heavy atom. The van der Waals surface area contributed by atoms with Crippen molar-refractivity contribution >= 4 is 17.9 Å². The molecule has 0 spiro atoms. The number of nitrogens with one attached hydrogen (secondary N) is 1. The smallest absolute Gasteiger partial charge is 0.407 e. The first kappa shape index (κ1) is 15.9. The van der Waals surface area contributed by atoms with Gasteiger partial charge in [-0.25, -0.2) is 4.79 Å². The van der Waals surface area contributed by atoms with E-state index in [-0.39, 0.29) is 6.61 Å². The van der Waals surface area contributed by atoms with Gasteiger partial charge in [-0.05, 0) is 29.5 Å². The Kier molecular flexibility index (Phi) is 5.87. The van der Waals surface area contributed by atoms with E-state index in [4.69, 9.17) is 10.00 Å². The van der Waals surface area contributed by atoms with E-state index >= 15 is 0 Å². The second-order valence-corrected chi connectivity index (χ2v) is 5.41. The Bertz CT molecular complexity index is 681. The zero-order valence-corrected chi connectivity index (χ0v) is 13.0. The van der Waals surface area contributed by atoms with Crippen LogP contribution >= 0.6 is 11.8 Å². The van der Waals surface area contributed by atoms with E-state index in [1.807, 2.05) is 48.7 Å². The predicted octanol–water partition coefficient (Wildman–Crippen LogP) is 3.71. The second-order valence-electron chi connectivity index (χ2n) is 4.56. The monoisotopic (exact) mass is 312 g/mol. The van der Waals surface area contributed by atoms with Crippen LogP contribution in [0.2, 0.25) is 0 Å². The van der Waals surface area contributed by atoms with Gasteiger partial charge in [0.1, 0.15) is 12.7 Å². The lowest BCUT2D eigenvalue weighted by molar-refractivity contribution is 0.139. The second kappa shape index (κ2) is 8.11. The predicted molar refractivity (Wildman–Crippen MR) is 86.4 cm³/mol. The van der Waals surface area contributed by atoms with Crippen LogP contribution in [0.4, 0.5) is 4.79 Å². The topological polar surface area (TPSA) is 62.1 Å². The van der Waals surface area contributed by atoms with Gasteiger partial charge in [0.05, 0.1) is 5.56 Å². The van der Waals surface area contributed by atoms with Crippen LogP contribution in [0.15, 0.2) is 53.4 Å². The van der Waals surface area contributed by atoms with Crippen molar-refractivity contribution in [3.8, 4) is 6.07 Å². The molecule has 112 valence electrons. The molecular formula is C17H16N2O2S. The van der Waals surface area contributed by atoms with Crippen LogP contribution in [0.25, 0.3) is 0 Å². The SMILES string of the molecule is CSc1ccc(CNC(=O)OCc2ccccc2)cc1C#N. The molecule has 0 aliphatic carbocycles. The molecule has 0 heterocycles. The summed E-state index contributed by atoms with van der Waals surface area (Å²) < 4.78 is 5.13. The summed E-state index contributed by atoms with van der Waals surface area (Å²) in [7, 11) is 0. The summed E-state index contributed by atoms with van der Waals surface area (Å²) in [4.78, 5) is 12.6. The van der Waals surface area contributed by atoms with Crippen molar-refractivity contribution in [2.45, 2.75) is 18.0 Å². The Morgan fingerprint density at radius 2 is 2.00 bits per heavy atom. The van der Waals surface area contributed by atoms with Crippen molar-refractivity contribution in [1.29, 1.82) is 5.26 Å². The van der Waals surface area contributed by atoms with E-state index in [0.717, 1.165) is 16.0 Å². The molecule has 2 aromatic carbocycles. The third-order valence-corrected chi connectivity index (χ3v) is 3.83. The number of ether oxygens (including phenoxy) is 1. The normalized spacial score (nSPS) is 9.82. The molecule has 2 aromatic rings. The highest BCUT2D eigenvalue weighted by molar-refractivity contribution is 7.98. The number of nitrogens with zero attached hydrogens (tertiary/aromatic N) is 1. The number of thioether (sulfide) groups is 1. The van der Waals surface area contributed by atoms with Crippen molar-refractivity contribution < 1.29 is 9.53 Å². The summed E-state index contributed by atoms with van der Waals surface area (Å²) in [6.45, 7) is 0.568. The van der Waals surface area contributed by atoms with E-state index in [1.54, 1.807) is 6.07 Å². The maximum Gasteiger partial charge on any atom is 0.407 e. The van der Waals surface area contributed by atoms with Crippen LogP contribution in [0, 0.1) is 11.3 Å². The molecular weight excluding hydrogens is 296 g/mol. The number of benzene rings is 2. The summed E-state index contributed by atoms with van der Waals surface area (Å²) in [6.07, 6.45) is 1.45. The molecule has 0 fully saturated rings. The summed E-state index contributed by atoms with van der Waals surface area (Å²) in [5.41, 5.74) is 2.42. The van der Waals surface area contributed by atoms with Gasteiger partial charge in [-0.15, -0.1) is 11.8 Å². The first-order valence-electron chi connectivity index (χ1n) is 6.74. The summed E-state index contributed by atoms with van der Waals surface area (Å²) in [6, 6.07) is 17.2. The molecule has 1 N–H and O–H groups in total. The highest BCUT2D eigenvalue weighted by atomic mass is 32.2. The number of amides is 1. The fraction of sp³-hybridized carbons (Fsp3) is 0.176. The Balaban J connectivity index is 1.85. The molecule has 0 bridgehead atoms. The molecule has 5 heteroatoms. The minimum atomic E-state index is -0.476. The highest BCUT2D eigenvalue weighted by Gasteiger charge is 2.05. The van der Waals surface area contributed by atoms with Crippen molar-refractivity contribution in [1.82, 2.24) is 5.32 Å². The van der Waals surface area contributed by atoms with Gasteiger partial charge >= 0.3 is 6.09 Å². The van der Waals surface area contributed by atoms with Crippen LogP contribution in [-0.4, -0.2) is 12.3 Å². The molecule has 0 saturated heterocycles. The molecule has 0 radical (unpaired) electrons. The Morgan fingerprint density at radius 3 is 2.68 bits per heavy atom. The fourth-order valence-corrected chi connectivity index (χ4v) is 2.43. The molecule has 0 atom stereocenters. The number of hydrogen-bond acceptors (Lipinski definition) is 4. The Hall–Kier alpha value is -2.45. The van der Waals surface area contributed by atoms with Gasteiger partial charge in [-0.3, -0.25) is 0 Å². The zero-order chi connectivity index (χ0) is 15.8. The van der Waals surface area contributed by atoms with Gasteiger partial charge in [0.2, 0.25) is 0 Å². The van der Waals surface area contributed by atoms with Crippen LogP contribution in [0.5, 0.6) is 0 Å². The van der Waals surface area contributed by atoms with Gasteiger partial charge in [0.15, 0.2) is 0 Å². The number of nitriles is 1. The van der Waals surface area contributed by atoms with Crippen molar-refractivity contribution in [3.63, 3.8) is 0 Å². The summed E-state index contributed by atoms with van der Waals surface area (Å²) >= 11 is 1.52. The molecule has 0 unspecified atom stereocenters. The summed E-state index contributed by atoms with van der Waals surface area (Å²) in [5.74, 6) is 0.